The average molecular weight is 440 g/mol. The van der Waals surface area contributed by atoms with Crippen molar-refractivity contribution in [3.8, 4) is 0 Å². The first-order valence-corrected chi connectivity index (χ1v) is 11.3. The van der Waals surface area contributed by atoms with E-state index in [1.165, 1.54) is 13.8 Å². The summed E-state index contributed by atoms with van der Waals surface area (Å²) in [4.78, 5) is 36.9. The van der Waals surface area contributed by atoms with E-state index in [0.29, 0.717) is 0 Å². The van der Waals surface area contributed by atoms with Crippen LogP contribution in [0.2, 0.25) is 0 Å². The van der Waals surface area contributed by atoms with Crippen molar-refractivity contribution in [3.05, 3.63) is 35.4 Å². The SMILES string of the molecule is CCS(=O)(=O)N1Cc2ccccc2C[C@H]1C(=O)OC(C)C(=O)NC(=O)NC(C)(C)C. The van der Waals surface area contributed by atoms with Crippen LogP contribution >= 0.6 is 0 Å². The van der Waals surface area contributed by atoms with Gasteiger partial charge >= 0.3 is 12.0 Å². The molecule has 1 heterocycles. The maximum Gasteiger partial charge on any atom is 0.325 e. The van der Waals surface area contributed by atoms with Crippen LogP contribution in [0.3, 0.4) is 0 Å². The quantitative estimate of drug-likeness (QED) is 0.668. The lowest BCUT2D eigenvalue weighted by Gasteiger charge is -2.34. The number of hydrogen-bond donors (Lipinski definition) is 2. The minimum absolute atomic E-state index is 0.0562. The first-order chi connectivity index (χ1) is 13.8. The first-order valence-electron chi connectivity index (χ1n) is 9.74. The van der Waals surface area contributed by atoms with E-state index in [1.54, 1.807) is 20.8 Å². The van der Waals surface area contributed by atoms with Crippen molar-refractivity contribution < 1.29 is 27.5 Å². The number of nitrogens with one attached hydrogen (secondary N) is 2. The van der Waals surface area contributed by atoms with Crippen LogP contribution in [0.4, 0.5) is 4.79 Å². The maximum absolute atomic E-state index is 12.8. The van der Waals surface area contributed by atoms with Crippen molar-refractivity contribution in [2.24, 2.45) is 0 Å². The highest BCUT2D eigenvalue weighted by atomic mass is 32.2. The highest BCUT2D eigenvalue weighted by molar-refractivity contribution is 7.89. The minimum atomic E-state index is -3.69. The Morgan fingerprint density at radius 1 is 1.20 bits per heavy atom. The molecule has 0 saturated heterocycles. The smallest absolute Gasteiger partial charge is 0.325 e. The minimum Gasteiger partial charge on any atom is -0.451 e. The number of benzene rings is 1. The van der Waals surface area contributed by atoms with E-state index in [2.05, 4.69) is 10.6 Å². The van der Waals surface area contributed by atoms with Gasteiger partial charge in [-0.2, -0.15) is 4.31 Å². The van der Waals surface area contributed by atoms with Gasteiger partial charge in [-0.25, -0.2) is 13.2 Å². The van der Waals surface area contributed by atoms with Crippen LogP contribution in [-0.4, -0.2) is 54.1 Å². The Kier molecular flexibility index (Phi) is 7.25. The van der Waals surface area contributed by atoms with E-state index < -0.39 is 45.6 Å². The Morgan fingerprint density at radius 2 is 1.80 bits per heavy atom. The molecule has 9 nitrogen and oxygen atoms in total. The fourth-order valence-corrected chi connectivity index (χ4v) is 4.27. The second-order valence-corrected chi connectivity index (χ2v) is 10.4. The third-order valence-corrected chi connectivity index (χ3v) is 6.41. The van der Waals surface area contributed by atoms with Crippen molar-refractivity contribution in [1.82, 2.24) is 14.9 Å². The van der Waals surface area contributed by atoms with Gasteiger partial charge in [0.2, 0.25) is 10.0 Å². The number of carbonyl (C=O) groups is 3. The van der Waals surface area contributed by atoms with Crippen molar-refractivity contribution in [3.63, 3.8) is 0 Å². The molecular weight excluding hydrogens is 410 g/mol. The number of hydrogen-bond acceptors (Lipinski definition) is 6. The Morgan fingerprint density at radius 3 is 2.37 bits per heavy atom. The standard InChI is InChI=1S/C20H29N3O6S/c1-6-30(27,28)23-12-15-10-8-7-9-14(15)11-16(23)18(25)29-13(2)17(24)21-19(26)22-20(3,4)5/h7-10,13,16H,6,11-12H2,1-5H3,(H2,21,22,24,26)/t13?,16-/m0/s1. The van der Waals surface area contributed by atoms with E-state index in [0.717, 1.165) is 15.4 Å². The number of urea groups is 1. The Balaban J connectivity index is 2.13. The molecule has 2 rings (SSSR count). The van der Waals surface area contributed by atoms with Crippen LogP contribution in [-0.2, 0) is 37.3 Å². The monoisotopic (exact) mass is 439 g/mol. The van der Waals surface area contributed by atoms with Crippen molar-refractivity contribution in [2.45, 2.75) is 65.3 Å². The zero-order valence-corrected chi connectivity index (χ0v) is 18.7. The molecule has 30 heavy (non-hydrogen) atoms. The predicted molar refractivity (Wildman–Crippen MR) is 111 cm³/mol. The van der Waals surface area contributed by atoms with Crippen LogP contribution in [0.25, 0.3) is 0 Å². The molecule has 0 bridgehead atoms. The summed E-state index contributed by atoms with van der Waals surface area (Å²) in [5.74, 6) is -1.80. The Hall–Kier alpha value is -2.46. The molecule has 1 aromatic rings. The molecule has 166 valence electrons. The van der Waals surface area contributed by atoms with E-state index in [1.807, 2.05) is 24.3 Å². The molecule has 1 aliphatic heterocycles. The fourth-order valence-electron chi connectivity index (χ4n) is 3.05. The zero-order chi connectivity index (χ0) is 22.7. The lowest BCUT2D eigenvalue weighted by Crippen LogP contribution is -2.53. The molecule has 3 amide bonds. The van der Waals surface area contributed by atoms with Gasteiger partial charge in [-0.1, -0.05) is 24.3 Å². The molecule has 1 unspecified atom stereocenters. The molecule has 0 aliphatic carbocycles. The van der Waals surface area contributed by atoms with Gasteiger partial charge in [0, 0.05) is 18.5 Å². The number of esters is 1. The lowest BCUT2D eigenvalue weighted by atomic mass is 9.96. The molecule has 0 radical (unpaired) electrons. The zero-order valence-electron chi connectivity index (χ0n) is 17.9. The molecule has 2 atom stereocenters. The molecule has 1 aromatic carbocycles. The molecule has 0 saturated carbocycles. The van der Waals surface area contributed by atoms with Crippen molar-refractivity contribution in [1.29, 1.82) is 0 Å². The maximum atomic E-state index is 12.8. The van der Waals surface area contributed by atoms with Crippen LogP contribution in [0.5, 0.6) is 0 Å². The number of sulfonamides is 1. The second kappa shape index (κ2) is 9.13. The number of rotatable bonds is 5. The van der Waals surface area contributed by atoms with Gasteiger partial charge in [-0.05, 0) is 45.7 Å². The summed E-state index contributed by atoms with van der Waals surface area (Å²) in [6, 6.07) is 5.48. The summed E-state index contributed by atoms with van der Waals surface area (Å²) in [7, 11) is -3.69. The van der Waals surface area contributed by atoms with Gasteiger partial charge in [0.25, 0.3) is 5.91 Å². The van der Waals surface area contributed by atoms with E-state index in [4.69, 9.17) is 4.74 Å². The van der Waals surface area contributed by atoms with Crippen LogP contribution in [0.1, 0.15) is 45.7 Å². The average Bonchev–Trinajstić information content (AvgIpc) is 2.65. The summed E-state index contributed by atoms with van der Waals surface area (Å²) < 4.78 is 31.5. The summed E-state index contributed by atoms with van der Waals surface area (Å²) >= 11 is 0. The highest BCUT2D eigenvalue weighted by Gasteiger charge is 2.40. The van der Waals surface area contributed by atoms with Gasteiger partial charge in [0.1, 0.15) is 6.04 Å². The summed E-state index contributed by atoms with van der Waals surface area (Å²) in [6.45, 7) is 8.15. The van der Waals surface area contributed by atoms with Gasteiger partial charge in [0.15, 0.2) is 6.10 Å². The van der Waals surface area contributed by atoms with Gasteiger partial charge in [-0.15, -0.1) is 0 Å². The van der Waals surface area contributed by atoms with Gasteiger partial charge < -0.3 is 10.1 Å². The lowest BCUT2D eigenvalue weighted by molar-refractivity contribution is -0.158. The topological polar surface area (TPSA) is 122 Å². The van der Waals surface area contributed by atoms with Gasteiger partial charge in [0.05, 0.1) is 5.75 Å². The molecule has 1 aliphatic rings. The van der Waals surface area contributed by atoms with Gasteiger partial charge in [-0.3, -0.25) is 14.9 Å². The fraction of sp³-hybridized carbons (Fsp3) is 0.550. The second-order valence-electron chi connectivity index (χ2n) is 8.21. The first kappa shape index (κ1) is 23.8. The number of nitrogens with zero attached hydrogens (tertiary/aromatic N) is 1. The number of ether oxygens (including phenoxy) is 1. The van der Waals surface area contributed by atoms with Crippen molar-refractivity contribution in [2.75, 3.05) is 5.75 Å². The molecule has 0 aromatic heterocycles. The highest BCUT2D eigenvalue weighted by Crippen LogP contribution is 2.27. The normalized spacial score (nSPS) is 18.1. The Bertz CT molecular complexity index is 923. The molecule has 10 heteroatoms. The molecule has 0 spiro atoms. The largest absolute Gasteiger partial charge is 0.451 e. The van der Waals surface area contributed by atoms with E-state index in [-0.39, 0.29) is 18.7 Å². The molecule has 0 fully saturated rings. The summed E-state index contributed by atoms with van der Waals surface area (Å²) in [5, 5.41) is 4.68. The molecular formula is C20H29N3O6S. The van der Waals surface area contributed by atoms with Crippen LogP contribution in [0.15, 0.2) is 24.3 Å². The third kappa shape index (κ3) is 6.02. The number of carbonyl (C=O) groups excluding carboxylic acids is 3. The Labute approximate surface area is 177 Å². The third-order valence-electron chi connectivity index (χ3n) is 4.59. The van der Waals surface area contributed by atoms with E-state index >= 15 is 0 Å². The summed E-state index contributed by atoms with van der Waals surface area (Å²) in [6.07, 6.45) is -1.13. The van der Waals surface area contributed by atoms with E-state index in [9.17, 15) is 22.8 Å². The predicted octanol–water partition coefficient (Wildman–Crippen LogP) is 1.32. The van der Waals surface area contributed by atoms with Crippen LogP contribution in [0, 0.1) is 0 Å². The number of amides is 3. The number of imide groups is 1. The van der Waals surface area contributed by atoms with Crippen LogP contribution < -0.4 is 10.6 Å². The summed E-state index contributed by atoms with van der Waals surface area (Å²) in [5.41, 5.74) is 1.13. The number of fused-ring (bicyclic) bond motifs is 1. The molecule has 2 N–H and O–H groups in total. The van der Waals surface area contributed by atoms with Crippen molar-refractivity contribution >= 4 is 27.9 Å².